The first-order valence-electron chi connectivity index (χ1n) is 9.78. The number of aromatic nitrogens is 1. The van der Waals surface area contributed by atoms with Crippen LogP contribution in [-0.4, -0.2) is 37.4 Å². The van der Waals surface area contributed by atoms with Gasteiger partial charge in [0.15, 0.2) is 11.5 Å². The first-order valence-corrected chi connectivity index (χ1v) is 9.78. The van der Waals surface area contributed by atoms with Crippen LogP contribution in [0.5, 0.6) is 17.4 Å². The lowest BCUT2D eigenvalue weighted by molar-refractivity contribution is -0.137. The lowest BCUT2D eigenvalue weighted by Gasteiger charge is -2.29. The van der Waals surface area contributed by atoms with Gasteiger partial charge >= 0.3 is 12.2 Å². The molecule has 2 amide bonds. The van der Waals surface area contributed by atoms with E-state index in [-0.39, 0.29) is 24.1 Å². The van der Waals surface area contributed by atoms with Gasteiger partial charge in [-0.2, -0.15) is 13.2 Å². The van der Waals surface area contributed by atoms with Crippen LogP contribution >= 0.6 is 0 Å². The van der Waals surface area contributed by atoms with Crippen LogP contribution in [-0.2, 0) is 6.18 Å². The van der Waals surface area contributed by atoms with Crippen molar-refractivity contribution in [3.8, 4) is 17.4 Å². The molecule has 0 unspecified atom stereocenters. The van der Waals surface area contributed by atoms with E-state index in [1.54, 1.807) is 18.2 Å². The third-order valence-electron chi connectivity index (χ3n) is 5.01. The minimum absolute atomic E-state index is 0.0444. The number of carbonyl (C=O) groups excluding carboxylic acids is 1. The van der Waals surface area contributed by atoms with Crippen molar-refractivity contribution in [3.05, 3.63) is 42.1 Å². The maximum absolute atomic E-state index is 12.6. The normalized spacial score (nSPS) is 18.7. The Kier molecular flexibility index (Phi) is 7.09. The molecule has 1 aliphatic rings. The molecule has 0 bridgehead atoms. The minimum Gasteiger partial charge on any atom is -0.493 e. The summed E-state index contributed by atoms with van der Waals surface area (Å²) < 4.78 is 54.0. The van der Waals surface area contributed by atoms with Gasteiger partial charge in [-0.1, -0.05) is 6.07 Å². The quantitative estimate of drug-likeness (QED) is 0.686. The van der Waals surface area contributed by atoms with E-state index in [0.717, 1.165) is 12.3 Å². The summed E-state index contributed by atoms with van der Waals surface area (Å²) in [4.78, 5) is 16.1. The fraction of sp³-hybridized carbons (Fsp3) is 0.429. The molecule has 0 spiro atoms. The summed E-state index contributed by atoms with van der Waals surface area (Å²) in [6.45, 7) is 0. The number of urea groups is 1. The number of nitrogens with one attached hydrogen (secondary N) is 2. The highest BCUT2D eigenvalue weighted by atomic mass is 19.4. The van der Waals surface area contributed by atoms with Crippen LogP contribution in [0, 0.1) is 0 Å². The Labute approximate surface area is 177 Å². The molecule has 31 heavy (non-hydrogen) atoms. The van der Waals surface area contributed by atoms with E-state index < -0.39 is 11.7 Å². The number of para-hydroxylation sites is 1. The Morgan fingerprint density at radius 3 is 2.39 bits per heavy atom. The molecule has 2 aromatic rings. The zero-order chi connectivity index (χ0) is 22.4. The summed E-state index contributed by atoms with van der Waals surface area (Å²) in [5.41, 5.74) is -0.323. The number of hydrogen-bond acceptors (Lipinski definition) is 5. The van der Waals surface area contributed by atoms with Crippen LogP contribution in [0.2, 0.25) is 0 Å². The average molecular weight is 439 g/mol. The van der Waals surface area contributed by atoms with Gasteiger partial charge in [-0.05, 0) is 43.9 Å². The molecule has 0 saturated heterocycles. The lowest BCUT2D eigenvalue weighted by atomic mass is 9.93. The fourth-order valence-electron chi connectivity index (χ4n) is 3.44. The Balaban J connectivity index is 1.47. The number of pyridine rings is 1. The topological polar surface area (TPSA) is 81.7 Å². The molecule has 168 valence electrons. The number of halogens is 3. The molecule has 1 aromatic heterocycles. The van der Waals surface area contributed by atoms with E-state index in [4.69, 9.17) is 14.2 Å². The van der Waals surface area contributed by atoms with Gasteiger partial charge in [-0.25, -0.2) is 9.78 Å². The molecule has 0 atom stereocenters. The molecule has 1 aromatic carbocycles. The molecule has 0 aliphatic heterocycles. The van der Waals surface area contributed by atoms with Crippen LogP contribution in [0.15, 0.2) is 36.5 Å². The summed E-state index contributed by atoms with van der Waals surface area (Å²) >= 11 is 0. The number of alkyl halides is 3. The highest BCUT2D eigenvalue weighted by Crippen LogP contribution is 2.35. The van der Waals surface area contributed by atoms with Gasteiger partial charge in [-0.15, -0.1) is 0 Å². The second-order valence-electron chi connectivity index (χ2n) is 7.11. The third kappa shape index (κ3) is 5.93. The number of methoxy groups -OCH3 is 2. The van der Waals surface area contributed by atoms with Crippen LogP contribution in [0.3, 0.4) is 0 Å². The average Bonchev–Trinajstić information content (AvgIpc) is 2.74. The number of carbonyl (C=O) groups is 1. The van der Waals surface area contributed by atoms with Gasteiger partial charge in [0.2, 0.25) is 5.88 Å². The van der Waals surface area contributed by atoms with Crippen LogP contribution in [0.4, 0.5) is 23.7 Å². The molecule has 1 heterocycles. The predicted octanol–water partition coefficient (Wildman–Crippen LogP) is 4.63. The molecule has 1 aliphatic carbocycles. The Hall–Kier alpha value is -3.17. The lowest BCUT2D eigenvalue weighted by Crippen LogP contribution is -2.41. The number of hydrogen-bond donors (Lipinski definition) is 2. The number of anilines is 1. The van der Waals surface area contributed by atoms with Gasteiger partial charge in [0.25, 0.3) is 0 Å². The Morgan fingerprint density at radius 2 is 1.81 bits per heavy atom. The Bertz CT molecular complexity index is 882. The highest BCUT2D eigenvalue weighted by Gasteiger charge is 2.31. The summed E-state index contributed by atoms with van der Waals surface area (Å²) in [6.07, 6.45) is -1.18. The maximum Gasteiger partial charge on any atom is 0.417 e. The molecule has 2 N–H and O–H groups in total. The Morgan fingerprint density at radius 1 is 1.06 bits per heavy atom. The van der Waals surface area contributed by atoms with Gasteiger partial charge in [0.1, 0.15) is 6.10 Å². The first kappa shape index (κ1) is 22.5. The van der Waals surface area contributed by atoms with Gasteiger partial charge in [0.05, 0.1) is 25.5 Å². The molecular weight excluding hydrogens is 415 g/mol. The number of ether oxygens (including phenoxy) is 3. The van der Waals surface area contributed by atoms with Crippen molar-refractivity contribution < 1.29 is 32.2 Å². The van der Waals surface area contributed by atoms with E-state index in [2.05, 4.69) is 15.6 Å². The summed E-state index contributed by atoms with van der Waals surface area (Å²) in [5, 5.41) is 5.69. The second kappa shape index (κ2) is 9.76. The summed E-state index contributed by atoms with van der Waals surface area (Å²) in [6, 6.07) is 6.96. The van der Waals surface area contributed by atoms with E-state index in [1.807, 2.05) is 0 Å². The van der Waals surface area contributed by atoms with Crippen molar-refractivity contribution >= 4 is 11.7 Å². The number of benzene rings is 1. The maximum atomic E-state index is 12.6. The molecular formula is C21H24F3N3O4. The minimum atomic E-state index is -4.43. The fourth-order valence-corrected chi connectivity index (χ4v) is 3.44. The molecule has 3 rings (SSSR count). The smallest absolute Gasteiger partial charge is 0.417 e. The number of nitrogens with zero attached hydrogens (tertiary/aromatic N) is 1. The van der Waals surface area contributed by atoms with Crippen molar-refractivity contribution in [1.29, 1.82) is 0 Å². The van der Waals surface area contributed by atoms with E-state index in [0.29, 0.717) is 42.9 Å². The standard InChI is InChI=1S/C21H24F3N3O4/c1-29-17-5-3-4-16(19(17)30-2)27-20(28)26-14-7-9-15(10-8-14)31-18-11-6-13(12-25-18)21(22,23)24/h3-6,11-12,14-15H,7-10H2,1-2H3,(H2,26,27,28). The summed E-state index contributed by atoms with van der Waals surface area (Å²) in [7, 11) is 3.01. The molecule has 0 radical (unpaired) electrons. The predicted molar refractivity (Wildman–Crippen MR) is 108 cm³/mol. The van der Waals surface area contributed by atoms with Gasteiger partial charge in [-0.3, -0.25) is 0 Å². The van der Waals surface area contributed by atoms with Crippen molar-refractivity contribution in [1.82, 2.24) is 10.3 Å². The van der Waals surface area contributed by atoms with Gasteiger partial charge < -0.3 is 24.8 Å². The van der Waals surface area contributed by atoms with E-state index >= 15 is 0 Å². The third-order valence-corrected chi connectivity index (χ3v) is 5.01. The zero-order valence-corrected chi connectivity index (χ0v) is 17.2. The number of amides is 2. The van der Waals surface area contributed by atoms with Crippen molar-refractivity contribution in [3.63, 3.8) is 0 Å². The van der Waals surface area contributed by atoms with Crippen molar-refractivity contribution in [2.24, 2.45) is 0 Å². The first-order chi connectivity index (χ1) is 14.8. The largest absolute Gasteiger partial charge is 0.493 e. The summed E-state index contributed by atoms with van der Waals surface area (Å²) in [5.74, 6) is 1.10. The van der Waals surface area contributed by atoms with Crippen LogP contribution in [0.25, 0.3) is 0 Å². The zero-order valence-electron chi connectivity index (χ0n) is 17.2. The molecule has 1 saturated carbocycles. The van der Waals surface area contributed by atoms with Crippen LogP contribution < -0.4 is 24.8 Å². The van der Waals surface area contributed by atoms with Crippen LogP contribution in [0.1, 0.15) is 31.2 Å². The SMILES string of the molecule is COc1cccc(NC(=O)NC2CCC(Oc3ccc(C(F)(F)F)cn3)CC2)c1OC. The number of rotatable bonds is 6. The van der Waals surface area contributed by atoms with Gasteiger partial charge in [0, 0.05) is 18.3 Å². The monoisotopic (exact) mass is 439 g/mol. The molecule has 1 fully saturated rings. The second-order valence-corrected chi connectivity index (χ2v) is 7.11. The highest BCUT2D eigenvalue weighted by molar-refractivity contribution is 5.91. The van der Waals surface area contributed by atoms with E-state index in [9.17, 15) is 18.0 Å². The molecule has 7 nitrogen and oxygen atoms in total. The van der Waals surface area contributed by atoms with E-state index in [1.165, 1.54) is 20.3 Å². The van der Waals surface area contributed by atoms with Crippen molar-refractivity contribution in [2.45, 2.75) is 44.0 Å². The molecule has 10 heteroatoms. The van der Waals surface area contributed by atoms with Crippen molar-refractivity contribution in [2.75, 3.05) is 19.5 Å².